The van der Waals surface area contributed by atoms with Crippen LogP contribution in [-0.2, 0) is 5.41 Å². The molecule has 0 saturated carbocycles. The SMILES string of the molecule is Cc1ccc2c(-c3ccc(-c4cc5ccccc5c5ccccc45)cc3)c3ccccc3c(-c3ccc4c(c3)C(C)(C)c3ccccc3-4)c2c1. The maximum absolute atomic E-state index is 2.47. The Morgan fingerprint density at radius 3 is 1.68 bits per heavy atom. The van der Waals surface area contributed by atoms with Gasteiger partial charge in [0.25, 0.3) is 0 Å². The van der Waals surface area contributed by atoms with Gasteiger partial charge in [-0.2, -0.15) is 0 Å². The Hall–Kier alpha value is -5.98. The molecule has 10 rings (SSSR count). The van der Waals surface area contributed by atoms with Crippen LogP contribution in [-0.4, -0.2) is 0 Å². The van der Waals surface area contributed by atoms with Gasteiger partial charge in [-0.25, -0.2) is 0 Å². The molecule has 1 aliphatic carbocycles. The Kier molecular flexibility index (Phi) is 6.24. The van der Waals surface area contributed by atoms with Crippen molar-refractivity contribution in [3.8, 4) is 44.5 Å². The van der Waals surface area contributed by atoms with Crippen molar-refractivity contribution in [1.82, 2.24) is 0 Å². The van der Waals surface area contributed by atoms with Crippen LogP contribution in [0.5, 0.6) is 0 Å². The van der Waals surface area contributed by atoms with E-state index in [0.29, 0.717) is 0 Å². The molecule has 0 aliphatic heterocycles. The van der Waals surface area contributed by atoms with Crippen molar-refractivity contribution in [1.29, 1.82) is 0 Å². The van der Waals surface area contributed by atoms with Gasteiger partial charge in [-0.3, -0.25) is 0 Å². The van der Waals surface area contributed by atoms with E-state index in [9.17, 15) is 0 Å². The molecule has 0 aromatic heterocycles. The molecule has 50 heavy (non-hydrogen) atoms. The third-order valence-electron chi connectivity index (χ3n) is 11.3. The third kappa shape index (κ3) is 4.18. The van der Waals surface area contributed by atoms with Crippen molar-refractivity contribution in [3.05, 3.63) is 180 Å². The molecule has 0 radical (unpaired) electrons. The summed E-state index contributed by atoms with van der Waals surface area (Å²) in [7, 11) is 0. The van der Waals surface area contributed by atoms with Gasteiger partial charge >= 0.3 is 0 Å². The molecule has 0 heterocycles. The maximum Gasteiger partial charge on any atom is 0.0159 e. The van der Waals surface area contributed by atoms with Crippen molar-refractivity contribution in [2.45, 2.75) is 26.2 Å². The second-order valence-electron chi connectivity index (χ2n) is 14.5. The molecule has 0 fully saturated rings. The first kappa shape index (κ1) is 29.0. The van der Waals surface area contributed by atoms with E-state index in [1.807, 2.05) is 0 Å². The summed E-state index contributed by atoms with van der Waals surface area (Å²) >= 11 is 0. The van der Waals surface area contributed by atoms with E-state index < -0.39 is 0 Å². The topological polar surface area (TPSA) is 0 Å². The van der Waals surface area contributed by atoms with Crippen LogP contribution in [0.2, 0.25) is 0 Å². The first-order chi connectivity index (χ1) is 24.5. The van der Waals surface area contributed by atoms with E-state index in [0.717, 1.165) is 0 Å². The van der Waals surface area contributed by atoms with Gasteiger partial charge in [-0.1, -0.05) is 171 Å². The molecular weight excluding hydrogens is 601 g/mol. The minimum absolute atomic E-state index is 0.0541. The summed E-state index contributed by atoms with van der Waals surface area (Å²) in [6.45, 7) is 6.95. The average molecular weight is 637 g/mol. The molecule has 0 unspecified atom stereocenters. The second kappa shape index (κ2) is 10.8. The largest absolute Gasteiger partial charge is 0.0619 e. The molecule has 9 aromatic carbocycles. The molecule has 0 N–H and O–H groups in total. The first-order valence-electron chi connectivity index (χ1n) is 17.7. The standard InChI is InChI=1S/C50H36/c1-31-20-26-43-45(28-31)49(35-25-27-40-39-16-10-11-19-46(39)50(2,3)47(40)30-35)42-18-9-8-17-41(42)48(43)33-23-21-32(22-24-33)44-29-34-12-4-5-13-36(34)37-14-6-7-15-38(37)44/h4-30H,1-3H3. The van der Waals surface area contributed by atoms with Gasteiger partial charge in [0.05, 0.1) is 0 Å². The summed E-state index contributed by atoms with van der Waals surface area (Å²) in [6, 6.07) is 61.3. The van der Waals surface area contributed by atoms with E-state index in [4.69, 9.17) is 0 Å². The highest BCUT2D eigenvalue weighted by atomic mass is 14.4. The number of benzene rings is 9. The van der Waals surface area contributed by atoms with Gasteiger partial charge < -0.3 is 0 Å². The van der Waals surface area contributed by atoms with Crippen LogP contribution in [0.25, 0.3) is 87.6 Å². The first-order valence-corrected chi connectivity index (χ1v) is 17.7. The van der Waals surface area contributed by atoms with Gasteiger partial charge in [0, 0.05) is 5.41 Å². The fraction of sp³-hybridized carbons (Fsp3) is 0.0800. The molecule has 0 atom stereocenters. The lowest BCUT2D eigenvalue weighted by molar-refractivity contribution is 0.660. The molecule has 0 spiro atoms. The smallest absolute Gasteiger partial charge is 0.0159 e. The molecule has 0 nitrogen and oxygen atoms in total. The van der Waals surface area contributed by atoms with Crippen LogP contribution in [0.15, 0.2) is 164 Å². The van der Waals surface area contributed by atoms with Crippen LogP contribution in [0.3, 0.4) is 0 Å². The lowest BCUT2D eigenvalue weighted by Crippen LogP contribution is -2.14. The van der Waals surface area contributed by atoms with Crippen molar-refractivity contribution in [2.75, 3.05) is 0 Å². The van der Waals surface area contributed by atoms with Crippen LogP contribution < -0.4 is 0 Å². The van der Waals surface area contributed by atoms with E-state index >= 15 is 0 Å². The molecule has 0 amide bonds. The van der Waals surface area contributed by atoms with Gasteiger partial charge in [-0.05, 0) is 118 Å². The highest BCUT2D eigenvalue weighted by molar-refractivity contribution is 6.22. The second-order valence-corrected chi connectivity index (χ2v) is 14.5. The van der Waals surface area contributed by atoms with Crippen molar-refractivity contribution >= 4 is 43.1 Å². The third-order valence-corrected chi connectivity index (χ3v) is 11.3. The fourth-order valence-electron chi connectivity index (χ4n) is 8.88. The van der Waals surface area contributed by atoms with Gasteiger partial charge in [0.2, 0.25) is 0 Å². The van der Waals surface area contributed by atoms with Crippen molar-refractivity contribution in [3.63, 3.8) is 0 Å². The average Bonchev–Trinajstić information content (AvgIpc) is 3.39. The van der Waals surface area contributed by atoms with E-state index in [1.165, 1.54) is 104 Å². The molecule has 0 saturated heterocycles. The molecule has 0 heteroatoms. The predicted molar refractivity (Wildman–Crippen MR) is 215 cm³/mol. The Bertz CT molecular complexity index is 2830. The summed E-state index contributed by atoms with van der Waals surface area (Å²) in [5.41, 5.74) is 14.4. The summed E-state index contributed by atoms with van der Waals surface area (Å²) < 4.78 is 0. The van der Waals surface area contributed by atoms with E-state index in [-0.39, 0.29) is 5.41 Å². The molecule has 0 bridgehead atoms. The molecule has 1 aliphatic rings. The normalized spacial score (nSPS) is 13.3. The Balaban J connectivity index is 1.18. The Morgan fingerprint density at radius 2 is 0.900 bits per heavy atom. The minimum Gasteiger partial charge on any atom is -0.0619 e. The number of aryl methyl sites for hydroxylation is 1. The summed E-state index contributed by atoms with van der Waals surface area (Å²) in [5.74, 6) is 0. The Labute approximate surface area is 293 Å². The van der Waals surface area contributed by atoms with Crippen molar-refractivity contribution < 1.29 is 0 Å². The molecule has 9 aromatic rings. The zero-order valence-corrected chi connectivity index (χ0v) is 28.6. The summed E-state index contributed by atoms with van der Waals surface area (Å²) in [4.78, 5) is 0. The molecule has 236 valence electrons. The summed E-state index contributed by atoms with van der Waals surface area (Å²) in [6.07, 6.45) is 0. The quantitative estimate of drug-likeness (QED) is 0.134. The van der Waals surface area contributed by atoms with Crippen LogP contribution >= 0.6 is 0 Å². The summed E-state index contributed by atoms with van der Waals surface area (Å²) in [5, 5.41) is 10.3. The van der Waals surface area contributed by atoms with Gasteiger partial charge in [0.1, 0.15) is 0 Å². The van der Waals surface area contributed by atoms with Crippen LogP contribution in [0.1, 0.15) is 30.5 Å². The fourth-order valence-corrected chi connectivity index (χ4v) is 8.88. The number of rotatable bonds is 3. The number of fused-ring (bicyclic) bond motifs is 8. The van der Waals surface area contributed by atoms with Crippen LogP contribution in [0, 0.1) is 6.92 Å². The lowest BCUT2D eigenvalue weighted by atomic mass is 9.80. The number of hydrogen-bond donors (Lipinski definition) is 0. The molecular formula is C50H36. The highest BCUT2D eigenvalue weighted by Gasteiger charge is 2.35. The van der Waals surface area contributed by atoms with E-state index in [2.05, 4.69) is 185 Å². The Morgan fingerprint density at radius 1 is 0.340 bits per heavy atom. The monoisotopic (exact) mass is 636 g/mol. The lowest BCUT2D eigenvalue weighted by Gasteiger charge is -2.23. The zero-order valence-electron chi connectivity index (χ0n) is 28.6. The van der Waals surface area contributed by atoms with Crippen LogP contribution in [0.4, 0.5) is 0 Å². The van der Waals surface area contributed by atoms with Crippen molar-refractivity contribution in [2.24, 2.45) is 0 Å². The minimum atomic E-state index is -0.0541. The number of hydrogen-bond acceptors (Lipinski definition) is 0. The highest BCUT2D eigenvalue weighted by Crippen LogP contribution is 2.51. The van der Waals surface area contributed by atoms with Gasteiger partial charge in [0.15, 0.2) is 0 Å². The van der Waals surface area contributed by atoms with E-state index in [1.54, 1.807) is 0 Å². The maximum atomic E-state index is 2.47. The predicted octanol–water partition coefficient (Wildman–Crippen LogP) is 13.9. The zero-order chi connectivity index (χ0) is 33.6. The van der Waals surface area contributed by atoms with Gasteiger partial charge in [-0.15, -0.1) is 0 Å².